The predicted molar refractivity (Wildman–Crippen MR) is 157 cm³/mol. The Labute approximate surface area is 213 Å². The second-order valence-corrected chi connectivity index (χ2v) is 9.24. The highest BCUT2D eigenvalue weighted by molar-refractivity contribution is 5.83. The normalized spacial score (nSPS) is 9.77. The Morgan fingerprint density at radius 3 is 0.800 bits per heavy atom. The molecule has 0 aliphatic heterocycles. The van der Waals surface area contributed by atoms with Crippen molar-refractivity contribution in [2.24, 2.45) is 0 Å². The summed E-state index contributed by atoms with van der Waals surface area (Å²) >= 11 is 0. The van der Waals surface area contributed by atoms with Crippen molar-refractivity contribution in [1.82, 2.24) is 0 Å². The van der Waals surface area contributed by atoms with E-state index in [1.807, 2.05) is 0 Å². The van der Waals surface area contributed by atoms with Gasteiger partial charge in [0.25, 0.3) is 0 Å². The highest BCUT2D eigenvalue weighted by atomic mass is 14.0. The first kappa shape index (κ1) is 27.6. The molecule has 0 atom stereocenters. The fraction of sp³-hybridized carbons (Fsp3) is 0.200. The number of rotatable bonds is 1. The molecule has 0 saturated carbocycles. The van der Waals surface area contributed by atoms with E-state index in [0.717, 1.165) is 0 Å². The quantitative estimate of drug-likeness (QED) is 0.233. The van der Waals surface area contributed by atoms with Crippen LogP contribution >= 0.6 is 0 Å². The third-order valence-electron chi connectivity index (χ3n) is 5.81. The third-order valence-corrected chi connectivity index (χ3v) is 5.81. The third kappa shape index (κ3) is 8.91. The summed E-state index contributed by atoms with van der Waals surface area (Å²) < 4.78 is 0. The summed E-state index contributed by atoms with van der Waals surface area (Å²) in [5.74, 6) is 0. The van der Waals surface area contributed by atoms with Crippen LogP contribution in [0.1, 0.15) is 40.8 Å². The number of aryl methyl sites for hydroxylation is 6. The maximum Gasteiger partial charge on any atom is -0.0181 e. The molecule has 0 nitrogen and oxygen atoms in total. The molecule has 0 bridgehead atoms. The van der Waals surface area contributed by atoms with Crippen molar-refractivity contribution < 1.29 is 0 Å². The Morgan fingerprint density at radius 1 is 0.286 bits per heavy atom. The van der Waals surface area contributed by atoms with Crippen LogP contribution in [0.2, 0.25) is 0 Å². The molecule has 0 fully saturated rings. The number of benzene rings is 5. The van der Waals surface area contributed by atoms with E-state index >= 15 is 0 Å². The summed E-state index contributed by atoms with van der Waals surface area (Å²) in [4.78, 5) is 0. The monoisotopic (exact) mass is 460 g/mol. The molecule has 5 aromatic carbocycles. The van der Waals surface area contributed by atoms with Gasteiger partial charge in [-0.05, 0) is 63.4 Å². The summed E-state index contributed by atoms with van der Waals surface area (Å²) in [5.41, 5.74) is 10.5. The SMILES string of the molecule is C.Cc1ccc(-c2ccc(C)cc2)cc1.Cc1ccc(C)cc1.Cc1ccc2cc(C)ccc2c1. The lowest BCUT2D eigenvalue weighted by atomic mass is 10.0. The summed E-state index contributed by atoms with van der Waals surface area (Å²) in [6.45, 7) is 12.7. The molecule has 0 aliphatic rings. The molecule has 0 amide bonds. The molecule has 0 unspecified atom stereocenters. The first-order valence-electron chi connectivity index (χ1n) is 11.9. The van der Waals surface area contributed by atoms with Crippen LogP contribution in [0.25, 0.3) is 21.9 Å². The fourth-order valence-corrected chi connectivity index (χ4v) is 3.61. The van der Waals surface area contributed by atoms with Crippen LogP contribution in [0.4, 0.5) is 0 Å². The summed E-state index contributed by atoms with van der Waals surface area (Å²) in [6.07, 6.45) is 0. The van der Waals surface area contributed by atoms with E-state index < -0.39 is 0 Å². The first-order chi connectivity index (χ1) is 16.3. The smallest absolute Gasteiger partial charge is 0.0181 e. The lowest BCUT2D eigenvalue weighted by molar-refractivity contribution is 1.40. The van der Waals surface area contributed by atoms with Gasteiger partial charge in [-0.3, -0.25) is 0 Å². The molecule has 180 valence electrons. The van der Waals surface area contributed by atoms with E-state index in [2.05, 4.69) is 151 Å². The van der Waals surface area contributed by atoms with Gasteiger partial charge >= 0.3 is 0 Å². The van der Waals surface area contributed by atoms with Gasteiger partial charge in [0, 0.05) is 0 Å². The van der Waals surface area contributed by atoms with Crippen molar-refractivity contribution in [3.8, 4) is 11.1 Å². The van der Waals surface area contributed by atoms with E-state index in [1.54, 1.807) is 0 Å². The number of fused-ring (bicyclic) bond motifs is 1. The summed E-state index contributed by atoms with van der Waals surface area (Å²) in [6, 6.07) is 38.8. The topological polar surface area (TPSA) is 0 Å². The van der Waals surface area contributed by atoms with Gasteiger partial charge in [-0.15, -0.1) is 0 Å². The molecular weight excluding hydrogens is 420 g/mol. The minimum Gasteiger partial charge on any atom is -0.0776 e. The Morgan fingerprint density at radius 2 is 0.514 bits per heavy atom. The van der Waals surface area contributed by atoms with Crippen LogP contribution in [0.3, 0.4) is 0 Å². The average molecular weight is 461 g/mol. The lowest BCUT2D eigenvalue weighted by Gasteiger charge is -2.02. The molecular formula is C35H40. The maximum absolute atomic E-state index is 2.22. The lowest BCUT2D eigenvalue weighted by Crippen LogP contribution is -1.78. The molecule has 0 saturated heterocycles. The maximum atomic E-state index is 2.22. The van der Waals surface area contributed by atoms with Crippen LogP contribution in [0.15, 0.2) is 109 Å². The van der Waals surface area contributed by atoms with Gasteiger partial charge < -0.3 is 0 Å². The van der Waals surface area contributed by atoms with Gasteiger partial charge in [0.1, 0.15) is 0 Å². The molecule has 0 heterocycles. The zero-order valence-electron chi connectivity index (χ0n) is 21.4. The van der Waals surface area contributed by atoms with Crippen molar-refractivity contribution in [3.05, 3.63) is 143 Å². The Kier molecular flexibility index (Phi) is 10.5. The predicted octanol–water partition coefficient (Wildman–Crippen LogP) is 10.4. The van der Waals surface area contributed by atoms with Crippen molar-refractivity contribution in [2.75, 3.05) is 0 Å². The van der Waals surface area contributed by atoms with Gasteiger partial charge in [0.2, 0.25) is 0 Å². The highest BCUT2D eigenvalue weighted by Gasteiger charge is 1.95. The molecule has 0 spiro atoms. The average Bonchev–Trinajstić information content (AvgIpc) is 2.83. The van der Waals surface area contributed by atoms with Crippen LogP contribution in [0, 0.1) is 41.5 Å². The van der Waals surface area contributed by atoms with E-state index in [9.17, 15) is 0 Å². The summed E-state index contributed by atoms with van der Waals surface area (Å²) in [7, 11) is 0. The molecule has 5 aromatic rings. The second kappa shape index (κ2) is 13.3. The first-order valence-corrected chi connectivity index (χ1v) is 11.9. The largest absolute Gasteiger partial charge is 0.0776 e. The van der Waals surface area contributed by atoms with E-state index in [0.29, 0.717) is 0 Å². The molecule has 0 radical (unpaired) electrons. The van der Waals surface area contributed by atoms with Gasteiger partial charge in [0.15, 0.2) is 0 Å². The van der Waals surface area contributed by atoms with Gasteiger partial charge in [-0.1, -0.05) is 150 Å². The Balaban J connectivity index is 0.000000189. The Bertz CT molecular complexity index is 1200. The summed E-state index contributed by atoms with van der Waals surface area (Å²) in [5, 5.41) is 2.67. The molecule has 0 N–H and O–H groups in total. The van der Waals surface area contributed by atoms with Crippen LogP contribution in [-0.2, 0) is 0 Å². The van der Waals surface area contributed by atoms with Crippen molar-refractivity contribution in [3.63, 3.8) is 0 Å². The minimum absolute atomic E-state index is 0. The van der Waals surface area contributed by atoms with Crippen molar-refractivity contribution in [1.29, 1.82) is 0 Å². The molecule has 5 rings (SSSR count). The van der Waals surface area contributed by atoms with Gasteiger partial charge in [0.05, 0.1) is 0 Å². The second-order valence-electron chi connectivity index (χ2n) is 9.24. The zero-order chi connectivity index (χ0) is 24.5. The molecule has 0 heteroatoms. The van der Waals surface area contributed by atoms with Crippen LogP contribution < -0.4 is 0 Å². The van der Waals surface area contributed by atoms with Gasteiger partial charge in [-0.25, -0.2) is 0 Å². The van der Waals surface area contributed by atoms with E-state index in [-0.39, 0.29) is 7.43 Å². The van der Waals surface area contributed by atoms with Gasteiger partial charge in [-0.2, -0.15) is 0 Å². The molecule has 0 aliphatic carbocycles. The highest BCUT2D eigenvalue weighted by Crippen LogP contribution is 2.20. The standard InChI is InChI=1S/C14H14.C12H12.C8H10.CH4/c1-11-3-7-13(8-4-11)14-9-5-12(2)6-10-14;1-9-3-5-12-8-10(2)4-6-11(12)7-9;1-7-3-5-8(2)6-4-7;/h3-10H,1-2H3;3-8H,1-2H3;3-6H,1-2H3;1H4. The number of hydrogen-bond donors (Lipinski definition) is 0. The van der Waals surface area contributed by atoms with Crippen molar-refractivity contribution in [2.45, 2.75) is 49.0 Å². The fourth-order valence-electron chi connectivity index (χ4n) is 3.61. The molecule has 0 aromatic heterocycles. The van der Waals surface area contributed by atoms with E-state index in [1.165, 1.54) is 55.3 Å². The molecule has 35 heavy (non-hydrogen) atoms. The minimum atomic E-state index is 0. The zero-order valence-corrected chi connectivity index (χ0v) is 21.4. The number of hydrogen-bond acceptors (Lipinski definition) is 0. The van der Waals surface area contributed by atoms with Crippen LogP contribution in [0.5, 0.6) is 0 Å². The van der Waals surface area contributed by atoms with Crippen LogP contribution in [-0.4, -0.2) is 0 Å². The Hall–Kier alpha value is -3.64. The van der Waals surface area contributed by atoms with Crippen molar-refractivity contribution >= 4 is 10.8 Å². The van der Waals surface area contributed by atoms with E-state index in [4.69, 9.17) is 0 Å².